The van der Waals surface area contributed by atoms with Gasteiger partial charge >= 0.3 is 5.97 Å². The average molecular weight is 448 g/mol. The molecule has 0 bridgehead atoms. The minimum Gasteiger partial charge on any atom is -0.462 e. The molecule has 1 aromatic carbocycles. The van der Waals surface area contributed by atoms with Crippen molar-refractivity contribution in [1.29, 1.82) is 0 Å². The molecule has 0 aliphatic rings. The van der Waals surface area contributed by atoms with E-state index in [0.717, 1.165) is 46.0 Å². The highest BCUT2D eigenvalue weighted by molar-refractivity contribution is 7.98. The van der Waals surface area contributed by atoms with Crippen molar-refractivity contribution in [2.24, 2.45) is 0 Å². The molecule has 32 heavy (non-hydrogen) atoms. The van der Waals surface area contributed by atoms with Crippen molar-refractivity contribution in [1.82, 2.24) is 24.7 Å². The van der Waals surface area contributed by atoms with Crippen LogP contribution >= 0.6 is 11.8 Å². The number of thioether (sulfide) groups is 1. The molecular formula is C24H25N5O2S. The van der Waals surface area contributed by atoms with Gasteiger partial charge in [-0.05, 0) is 44.0 Å². The van der Waals surface area contributed by atoms with Gasteiger partial charge in [0.2, 0.25) is 0 Å². The lowest BCUT2D eigenvalue weighted by Crippen LogP contribution is -2.12. The van der Waals surface area contributed by atoms with Gasteiger partial charge in [-0.1, -0.05) is 36.9 Å². The summed E-state index contributed by atoms with van der Waals surface area (Å²) in [4.78, 5) is 21.7. The highest BCUT2D eigenvalue weighted by Crippen LogP contribution is 2.30. The number of ether oxygens (including phenoxy) is 1. The number of benzene rings is 1. The Morgan fingerprint density at radius 3 is 2.62 bits per heavy atom. The summed E-state index contributed by atoms with van der Waals surface area (Å²) in [7, 11) is 0. The summed E-state index contributed by atoms with van der Waals surface area (Å²) in [6, 6.07) is 11.7. The number of aryl methyl sites for hydroxylation is 1. The van der Waals surface area contributed by atoms with Crippen LogP contribution in [0.3, 0.4) is 0 Å². The molecule has 0 amide bonds. The zero-order valence-corrected chi connectivity index (χ0v) is 19.2. The molecule has 0 aliphatic carbocycles. The molecular weight excluding hydrogens is 422 g/mol. The third-order valence-corrected chi connectivity index (χ3v) is 6.13. The Labute approximate surface area is 191 Å². The van der Waals surface area contributed by atoms with Crippen LogP contribution in [0.2, 0.25) is 0 Å². The molecule has 0 saturated carbocycles. The van der Waals surface area contributed by atoms with Crippen molar-refractivity contribution >= 4 is 28.6 Å². The lowest BCUT2D eigenvalue weighted by atomic mass is 10.0. The van der Waals surface area contributed by atoms with Gasteiger partial charge in [-0.3, -0.25) is 9.97 Å². The number of pyridine rings is 2. The molecule has 3 aromatic heterocycles. The molecule has 0 aliphatic heterocycles. The van der Waals surface area contributed by atoms with E-state index < -0.39 is 0 Å². The smallest absolute Gasteiger partial charge is 0.340 e. The first-order valence-corrected chi connectivity index (χ1v) is 11.6. The molecule has 0 atom stereocenters. The van der Waals surface area contributed by atoms with Gasteiger partial charge in [-0.15, -0.1) is 10.2 Å². The van der Waals surface area contributed by atoms with Crippen LogP contribution in [-0.4, -0.2) is 37.3 Å². The third-order valence-electron chi connectivity index (χ3n) is 5.15. The molecule has 0 N–H and O–H groups in total. The number of carbonyl (C=O) groups excluding carboxylic acids is 1. The van der Waals surface area contributed by atoms with E-state index in [9.17, 15) is 4.79 Å². The van der Waals surface area contributed by atoms with Crippen molar-refractivity contribution in [3.8, 4) is 11.4 Å². The molecule has 0 radical (unpaired) electrons. The maximum atomic E-state index is 12.8. The number of esters is 1. The summed E-state index contributed by atoms with van der Waals surface area (Å²) < 4.78 is 7.46. The highest BCUT2D eigenvalue weighted by atomic mass is 32.2. The SMILES string of the molecule is CCCn1c(SCc2nc3ccccc3c(C)c2C(=O)OCC)nnc1-c1ccncc1. The largest absolute Gasteiger partial charge is 0.462 e. The average Bonchev–Trinajstić information content (AvgIpc) is 3.21. The van der Waals surface area contributed by atoms with Crippen molar-refractivity contribution < 1.29 is 9.53 Å². The summed E-state index contributed by atoms with van der Waals surface area (Å²) in [6.45, 7) is 6.99. The maximum Gasteiger partial charge on any atom is 0.340 e. The van der Waals surface area contributed by atoms with Gasteiger partial charge in [0.05, 0.1) is 23.4 Å². The van der Waals surface area contributed by atoms with E-state index in [1.165, 1.54) is 11.8 Å². The summed E-state index contributed by atoms with van der Waals surface area (Å²) >= 11 is 1.53. The number of hydrogen-bond donors (Lipinski definition) is 0. The molecule has 0 saturated heterocycles. The van der Waals surface area contributed by atoms with Crippen LogP contribution in [-0.2, 0) is 17.0 Å². The van der Waals surface area contributed by atoms with Crippen LogP contribution in [0.15, 0.2) is 53.9 Å². The monoisotopic (exact) mass is 447 g/mol. The molecule has 7 nitrogen and oxygen atoms in total. The van der Waals surface area contributed by atoms with E-state index in [-0.39, 0.29) is 5.97 Å². The van der Waals surface area contributed by atoms with E-state index in [2.05, 4.69) is 26.7 Å². The summed E-state index contributed by atoms with van der Waals surface area (Å²) in [5, 5.41) is 10.6. The Bertz CT molecular complexity index is 1240. The molecule has 0 unspecified atom stereocenters. The van der Waals surface area contributed by atoms with Crippen LogP contribution in [0.25, 0.3) is 22.3 Å². The number of aromatic nitrogens is 5. The first-order chi connectivity index (χ1) is 15.6. The number of rotatable bonds is 8. The predicted octanol–water partition coefficient (Wildman–Crippen LogP) is 5.08. The van der Waals surface area contributed by atoms with Crippen LogP contribution < -0.4 is 0 Å². The number of fused-ring (bicyclic) bond motifs is 1. The second kappa shape index (κ2) is 9.91. The Kier molecular flexibility index (Phi) is 6.80. The first kappa shape index (κ1) is 22.0. The Morgan fingerprint density at radius 2 is 1.88 bits per heavy atom. The van der Waals surface area contributed by atoms with Crippen molar-refractivity contribution in [2.45, 2.75) is 44.6 Å². The molecule has 0 fully saturated rings. The van der Waals surface area contributed by atoms with Crippen LogP contribution in [0.1, 0.15) is 41.9 Å². The van der Waals surface area contributed by atoms with Crippen LogP contribution in [0, 0.1) is 6.92 Å². The van der Waals surface area contributed by atoms with Crippen LogP contribution in [0.4, 0.5) is 0 Å². The fourth-order valence-electron chi connectivity index (χ4n) is 3.69. The van der Waals surface area contributed by atoms with E-state index in [1.54, 1.807) is 12.4 Å². The number of carbonyl (C=O) groups is 1. The quantitative estimate of drug-likeness (QED) is 0.275. The lowest BCUT2D eigenvalue weighted by molar-refractivity contribution is 0.0524. The summed E-state index contributed by atoms with van der Waals surface area (Å²) in [5.41, 5.74) is 3.95. The Hall–Kier alpha value is -3.26. The van der Waals surface area contributed by atoms with Gasteiger partial charge in [0.1, 0.15) is 0 Å². The first-order valence-electron chi connectivity index (χ1n) is 10.7. The fourth-order valence-corrected chi connectivity index (χ4v) is 4.59. The second-order valence-corrected chi connectivity index (χ2v) is 8.22. The lowest BCUT2D eigenvalue weighted by Gasteiger charge is -2.14. The van der Waals surface area contributed by atoms with E-state index in [1.807, 2.05) is 50.2 Å². The van der Waals surface area contributed by atoms with Crippen molar-refractivity contribution in [3.05, 3.63) is 65.6 Å². The Morgan fingerprint density at radius 1 is 1.09 bits per heavy atom. The normalized spacial score (nSPS) is 11.1. The van der Waals surface area contributed by atoms with Gasteiger partial charge in [-0.25, -0.2) is 4.79 Å². The number of para-hydroxylation sites is 1. The fraction of sp³-hybridized carbons (Fsp3) is 0.292. The van der Waals surface area contributed by atoms with E-state index in [4.69, 9.17) is 9.72 Å². The van der Waals surface area contributed by atoms with Crippen molar-refractivity contribution in [3.63, 3.8) is 0 Å². The number of hydrogen-bond acceptors (Lipinski definition) is 7. The highest BCUT2D eigenvalue weighted by Gasteiger charge is 2.21. The molecule has 4 rings (SSSR count). The molecule has 164 valence electrons. The van der Waals surface area contributed by atoms with Gasteiger partial charge < -0.3 is 9.30 Å². The minimum atomic E-state index is -0.341. The minimum absolute atomic E-state index is 0.317. The standard InChI is InChI=1S/C24H25N5O2S/c1-4-14-29-22(17-10-12-25-13-11-17)27-28-24(29)32-15-20-21(23(30)31-5-2)16(3)18-8-6-7-9-19(18)26-20/h6-13H,4-5,14-15H2,1-3H3. The van der Waals surface area contributed by atoms with E-state index >= 15 is 0 Å². The predicted molar refractivity (Wildman–Crippen MR) is 126 cm³/mol. The second-order valence-electron chi connectivity index (χ2n) is 7.28. The van der Waals surface area contributed by atoms with Crippen LogP contribution in [0.5, 0.6) is 0 Å². The summed E-state index contributed by atoms with van der Waals surface area (Å²) in [5.74, 6) is 0.953. The molecule has 4 aromatic rings. The molecule has 0 spiro atoms. The van der Waals surface area contributed by atoms with E-state index in [0.29, 0.717) is 23.6 Å². The zero-order chi connectivity index (χ0) is 22.5. The van der Waals surface area contributed by atoms with Gasteiger partial charge in [0.25, 0.3) is 0 Å². The third kappa shape index (κ3) is 4.36. The van der Waals surface area contributed by atoms with Gasteiger partial charge in [0, 0.05) is 35.6 Å². The molecule has 3 heterocycles. The summed E-state index contributed by atoms with van der Waals surface area (Å²) in [6.07, 6.45) is 4.45. The molecule has 8 heteroatoms. The topological polar surface area (TPSA) is 82.8 Å². The maximum absolute atomic E-state index is 12.8. The van der Waals surface area contributed by atoms with Gasteiger partial charge in [0.15, 0.2) is 11.0 Å². The number of nitrogens with zero attached hydrogens (tertiary/aromatic N) is 5. The van der Waals surface area contributed by atoms with Gasteiger partial charge in [-0.2, -0.15) is 0 Å². The zero-order valence-electron chi connectivity index (χ0n) is 18.4. The van der Waals surface area contributed by atoms with Crippen molar-refractivity contribution in [2.75, 3.05) is 6.61 Å². The Balaban J connectivity index is 1.71.